The Kier molecular flexibility index (Phi) is 6.93. The van der Waals surface area contributed by atoms with E-state index in [0.29, 0.717) is 0 Å². The molecule has 0 aliphatic carbocycles. The second-order valence-electron chi connectivity index (χ2n) is 9.62. The maximum absolute atomic E-state index is 6.15. The van der Waals surface area contributed by atoms with Crippen LogP contribution in [0.1, 0.15) is 62.2 Å². The minimum Gasteiger partial charge on any atom is -0.377 e. The van der Waals surface area contributed by atoms with Crippen molar-refractivity contribution in [2.24, 2.45) is 0 Å². The Bertz CT molecular complexity index is 1000. The van der Waals surface area contributed by atoms with Crippen molar-refractivity contribution in [3.05, 3.63) is 76.1 Å². The number of hydrogen-bond acceptors (Lipinski definition) is 5. The SMILES string of the molecule is Cc1ccc(C(c2nnnn2C(C)(C)C)N(Cc2ccc(Cl)cc2)CC2CCCO2)cc1. The van der Waals surface area contributed by atoms with E-state index < -0.39 is 0 Å². The average Bonchev–Trinajstić information content (AvgIpc) is 3.43. The molecular formula is C25H32ClN5O. The lowest BCUT2D eigenvalue weighted by Crippen LogP contribution is -2.39. The Morgan fingerprint density at radius 1 is 1.12 bits per heavy atom. The Morgan fingerprint density at radius 3 is 2.47 bits per heavy atom. The van der Waals surface area contributed by atoms with E-state index in [2.05, 4.69) is 84.5 Å². The minimum absolute atomic E-state index is 0.107. The van der Waals surface area contributed by atoms with Crippen LogP contribution in [-0.4, -0.2) is 44.4 Å². The van der Waals surface area contributed by atoms with Gasteiger partial charge in [0.25, 0.3) is 0 Å². The quantitative estimate of drug-likeness (QED) is 0.494. The van der Waals surface area contributed by atoms with E-state index in [1.54, 1.807) is 0 Å². The van der Waals surface area contributed by atoms with E-state index in [1.165, 1.54) is 16.7 Å². The maximum atomic E-state index is 6.15. The van der Waals surface area contributed by atoms with Gasteiger partial charge in [-0.05, 0) is 74.2 Å². The zero-order valence-electron chi connectivity index (χ0n) is 19.3. The van der Waals surface area contributed by atoms with E-state index >= 15 is 0 Å². The first kappa shape index (κ1) is 22.9. The summed E-state index contributed by atoms with van der Waals surface area (Å²) in [6, 6.07) is 16.6. The van der Waals surface area contributed by atoms with Gasteiger partial charge in [-0.3, -0.25) is 4.90 Å². The van der Waals surface area contributed by atoms with Gasteiger partial charge in [0.1, 0.15) is 0 Å². The Hall–Kier alpha value is -2.28. The standard InChI is InChI=1S/C25H32ClN5O/c1-18-7-11-20(12-8-18)23(24-27-28-29-31(24)25(2,3)4)30(17-22-6-5-15-32-22)16-19-9-13-21(26)14-10-19/h7-14,22-23H,5-6,15-17H2,1-4H3. The number of nitrogens with zero attached hydrogens (tertiary/aromatic N) is 5. The van der Waals surface area contributed by atoms with Crippen molar-refractivity contribution >= 4 is 11.6 Å². The van der Waals surface area contributed by atoms with E-state index in [9.17, 15) is 0 Å². The minimum atomic E-state index is -0.239. The molecule has 2 heterocycles. The lowest BCUT2D eigenvalue weighted by molar-refractivity contribution is 0.0566. The van der Waals surface area contributed by atoms with Crippen LogP contribution in [0.4, 0.5) is 0 Å². The Labute approximate surface area is 195 Å². The summed E-state index contributed by atoms with van der Waals surface area (Å²) in [4.78, 5) is 2.44. The summed E-state index contributed by atoms with van der Waals surface area (Å²) in [5, 5.41) is 13.7. The molecule has 6 nitrogen and oxygen atoms in total. The summed E-state index contributed by atoms with van der Waals surface area (Å²) in [5.41, 5.74) is 3.35. The summed E-state index contributed by atoms with van der Waals surface area (Å²) >= 11 is 6.15. The predicted molar refractivity (Wildman–Crippen MR) is 127 cm³/mol. The molecule has 1 saturated heterocycles. The van der Waals surface area contributed by atoms with Gasteiger partial charge in [0.2, 0.25) is 0 Å². The van der Waals surface area contributed by atoms with Crippen LogP contribution in [0.3, 0.4) is 0 Å². The zero-order chi connectivity index (χ0) is 22.7. The smallest absolute Gasteiger partial charge is 0.173 e. The molecule has 3 aromatic rings. The van der Waals surface area contributed by atoms with Crippen molar-refractivity contribution < 1.29 is 4.74 Å². The fraction of sp³-hybridized carbons (Fsp3) is 0.480. The van der Waals surface area contributed by atoms with Crippen LogP contribution < -0.4 is 0 Å². The Balaban J connectivity index is 1.78. The van der Waals surface area contributed by atoms with Gasteiger partial charge in [-0.15, -0.1) is 5.10 Å². The zero-order valence-corrected chi connectivity index (χ0v) is 20.1. The number of halogens is 1. The van der Waals surface area contributed by atoms with Crippen molar-refractivity contribution in [1.29, 1.82) is 0 Å². The van der Waals surface area contributed by atoms with Gasteiger partial charge in [0.15, 0.2) is 5.82 Å². The van der Waals surface area contributed by atoms with E-state index in [4.69, 9.17) is 16.3 Å². The van der Waals surface area contributed by atoms with Gasteiger partial charge in [0.05, 0.1) is 17.7 Å². The molecule has 0 spiro atoms. The van der Waals surface area contributed by atoms with Crippen LogP contribution in [-0.2, 0) is 16.8 Å². The normalized spacial score (nSPS) is 17.8. The first-order valence-corrected chi connectivity index (χ1v) is 11.6. The summed E-state index contributed by atoms with van der Waals surface area (Å²) in [5.74, 6) is 0.841. The van der Waals surface area contributed by atoms with Crippen molar-refractivity contribution in [2.75, 3.05) is 13.2 Å². The fourth-order valence-corrected chi connectivity index (χ4v) is 4.38. The molecule has 1 aromatic heterocycles. The highest BCUT2D eigenvalue weighted by Gasteiger charge is 2.33. The average molecular weight is 454 g/mol. The number of aromatic nitrogens is 4. The van der Waals surface area contributed by atoms with Gasteiger partial charge in [-0.2, -0.15) is 0 Å². The first-order valence-electron chi connectivity index (χ1n) is 11.3. The van der Waals surface area contributed by atoms with Crippen molar-refractivity contribution in [3.8, 4) is 0 Å². The molecule has 7 heteroatoms. The van der Waals surface area contributed by atoms with Crippen molar-refractivity contribution in [2.45, 2.75) is 64.8 Å². The second-order valence-corrected chi connectivity index (χ2v) is 10.1. The summed E-state index contributed by atoms with van der Waals surface area (Å²) in [6.07, 6.45) is 2.38. The lowest BCUT2D eigenvalue weighted by Gasteiger charge is -2.34. The van der Waals surface area contributed by atoms with Crippen LogP contribution in [0.2, 0.25) is 5.02 Å². The molecule has 1 aliphatic heterocycles. The van der Waals surface area contributed by atoms with E-state index in [0.717, 1.165) is 43.4 Å². The van der Waals surface area contributed by atoms with E-state index in [-0.39, 0.29) is 17.7 Å². The van der Waals surface area contributed by atoms with Gasteiger partial charge in [0, 0.05) is 24.7 Å². The van der Waals surface area contributed by atoms with Crippen LogP contribution in [0, 0.1) is 6.92 Å². The highest BCUT2D eigenvalue weighted by atomic mass is 35.5. The first-order chi connectivity index (χ1) is 15.3. The van der Waals surface area contributed by atoms with Crippen molar-refractivity contribution in [1.82, 2.24) is 25.1 Å². The number of rotatable bonds is 7. The van der Waals surface area contributed by atoms with Gasteiger partial charge < -0.3 is 4.74 Å². The number of hydrogen-bond donors (Lipinski definition) is 0. The molecule has 2 atom stereocenters. The van der Waals surface area contributed by atoms with Crippen molar-refractivity contribution in [3.63, 3.8) is 0 Å². The molecule has 2 aromatic carbocycles. The summed E-state index contributed by atoms with van der Waals surface area (Å²) in [7, 11) is 0. The molecular weight excluding hydrogens is 422 g/mol. The highest BCUT2D eigenvalue weighted by molar-refractivity contribution is 6.30. The molecule has 0 saturated carbocycles. The third-order valence-electron chi connectivity index (χ3n) is 5.89. The third-order valence-corrected chi connectivity index (χ3v) is 6.14. The monoisotopic (exact) mass is 453 g/mol. The molecule has 170 valence electrons. The predicted octanol–water partition coefficient (Wildman–Crippen LogP) is 5.16. The number of benzene rings is 2. The van der Waals surface area contributed by atoms with Gasteiger partial charge >= 0.3 is 0 Å². The molecule has 2 unspecified atom stereocenters. The molecule has 1 aliphatic rings. The van der Waals surface area contributed by atoms with Crippen LogP contribution in [0.25, 0.3) is 0 Å². The topological polar surface area (TPSA) is 56.1 Å². The molecule has 0 N–H and O–H groups in total. The van der Waals surface area contributed by atoms with Crippen LogP contribution in [0.5, 0.6) is 0 Å². The maximum Gasteiger partial charge on any atom is 0.173 e. The molecule has 32 heavy (non-hydrogen) atoms. The van der Waals surface area contributed by atoms with E-state index in [1.807, 2.05) is 16.8 Å². The number of ether oxygens (including phenoxy) is 1. The molecule has 1 fully saturated rings. The molecule has 4 rings (SSSR count). The summed E-state index contributed by atoms with van der Waals surface area (Å²) < 4.78 is 7.99. The number of aryl methyl sites for hydroxylation is 1. The molecule has 0 amide bonds. The Morgan fingerprint density at radius 2 is 1.84 bits per heavy atom. The number of tetrazole rings is 1. The molecule has 0 radical (unpaired) electrons. The van der Waals surface area contributed by atoms with Crippen LogP contribution >= 0.6 is 11.6 Å². The van der Waals surface area contributed by atoms with Gasteiger partial charge in [-0.1, -0.05) is 53.6 Å². The molecule has 0 bridgehead atoms. The summed E-state index contributed by atoms with van der Waals surface area (Å²) in [6.45, 7) is 10.9. The van der Waals surface area contributed by atoms with Gasteiger partial charge in [-0.25, -0.2) is 4.68 Å². The second kappa shape index (κ2) is 9.69. The fourth-order valence-electron chi connectivity index (χ4n) is 4.25. The van der Waals surface area contributed by atoms with Crippen LogP contribution in [0.15, 0.2) is 48.5 Å². The third kappa shape index (κ3) is 5.37. The highest BCUT2D eigenvalue weighted by Crippen LogP contribution is 2.32. The lowest BCUT2D eigenvalue weighted by atomic mass is 9.99. The largest absolute Gasteiger partial charge is 0.377 e.